The smallest absolute Gasteiger partial charge is 0.325 e. The second-order valence-corrected chi connectivity index (χ2v) is 7.17. The standard InChI is InChI=1S/C20H25NO5S/c1-6-17-13(2)7-18(27-17)20(23)21(12-19(22)26-5)11-14-8-15(24-3)10-16(9-14)25-4/h7-10H,6,11-12H2,1-5H3. The van der Waals surface area contributed by atoms with Crippen molar-refractivity contribution in [3.05, 3.63) is 45.1 Å². The number of amides is 1. The van der Waals surface area contributed by atoms with Gasteiger partial charge in [-0.05, 0) is 42.7 Å². The number of hydrogen-bond acceptors (Lipinski definition) is 6. The van der Waals surface area contributed by atoms with Gasteiger partial charge in [0.25, 0.3) is 5.91 Å². The number of rotatable bonds is 8. The Kier molecular flexibility index (Phi) is 7.24. The number of methoxy groups -OCH3 is 3. The summed E-state index contributed by atoms with van der Waals surface area (Å²) in [5.74, 6) is 0.572. The minimum atomic E-state index is -0.470. The predicted octanol–water partition coefficient (Wildman–Crippen LogP) is 3.45. The van der Waals surface area contributed by atoms with E-state index in [1.807, 2.05) is 25.1 Å². The van der Waals surface area contributed by atoms with Crippen LogP contribution in [0.1, 0.15) is 32.6 Å². The molecule has 0 saturated carbocycles. The molecule has 0 N–H and O–H groups in total. The second kappa shape index (κ2) is 9.41. The highest BCUT2D eigenvalue weighted by molar-refractivity contribution is 7.14. The third-order valence-electron chi connectivity index (χ3n) is 4.17. The molecule has 0 fully saturated rings. The normalized spacial score (nSPS) is 10.4. The van der Waals surface area contributed by atoms with E-state index in [0.29, 0.717) is 16.4 Å². The van der Waals surface area contributed by atoms with Gasteiger partial charge in [-0.15, -0.1) is 11.3 Å². The number of ether oxygens (including phenoxy) is 3. The minimum Gasteiger partial charge on any atom is -0.497 e. The van der Waals surface area contributed by atoms with Crippen molar-refractivity contribution in [2.24, 2.45) is 0 Å². The maximum atomic E-state index is 13.1. The van der Waals surface area contributed by atoms with Crippen molar-refractivity contribution in [3.8, 4) is 11.5 Å². The highest BCUT2D eigenvalue weighted by atomic mass is 32.1. The first-order valence-corrected chi connectivity index (χ1v) is 9.40. The number of nitrogens with zero attached hydrogens (tertiary/aromatic N) is 1. The number of aryl methyl sites for hydroxylation is 2. The average molecular weight is 391 g/mol. The molecule has 0 radical (unpaired) electrons. The summed E-state index contributed by atoms with van der Waals surface area (Å²) in [6.45, 7) is 4.15. The van der Waals surface area contributed by atoms with E-state index in [4.69, 9.17) is 14.2 Å². The van der Waals surface area contributed by atoms with Crippen molar-refractivity contribution in [1.29, 1.82) is 0 Å². The molecule has 2 rings (SSSR count). The Hall–Kier alpha value is -2.54. The lowest BCUT2D eigenvalue weighted by molar-refractivity contribution is -0.141. The van der Waals surface area contributed by atoms with E-state index in [1.54, 1.807) is 20.3 Å². The zero-order chi connectivity index (χ0) is 20.0. The molecule has 1 amide bonds. The van der Waals surface area contributed by atoms with Gasteiger partial charge in [0.15, 0.2) is 0 Å². The molecule has 1 aromatic carbocycles. The van der Waals surface area contributed by atoms with E-state index in [9.17, 15) is 9.59 Å². The number of hydrogen-bond donors (Lipinski definition) is 0. The molecule has 2 aromatic rings. The Morgan fingerprint density at radius 2 is 1.67 bits per heavy atom. The lowest BCUT2D eigenvalue weighted by Crippen LogP contribution is -2.35. The molecule has 0 unspecified atom stereocenters. The fourth-order valence-electron chi connectivity index (χ4n) is 2.73. The molecule has 0 spiro atoms. The molecule has 6 nitrogen and oxygen atoms in total. The van der Waals surface area contributed by atoms with Crippen LogP contribution in [0.25, 0.3) is 0 Å². The molecule has 146 valence electrons. The van der Waals surface area contributed by atoms with Crippen molar-refractivity contribution in [1.82, 2.24) is 4.90 Å². The molecule has 0 saturated heterocycles. The molecule has 0 atom stereocenters. The number of benzene rings is 1. The highest BCUT2D eigenvalue weighted by Gasteiger charge is 2.22. The van der Waals surface area contributed by atoms with Crippen LogP contribution >= 0.6 is 11.3 Å². The molecular weight excluding hydrogens is 366 g/mol. The number of thiophene rings is 1. The van der Waals surface area contributed by atoms with E-state index < -0.39 is 5.97 Å². The summed E-state index contributed by atoms with van der Waals surface area (Å²) in [6.07, 6.45) is 0.869. The van der Waals surface area contributed by atoms with E-state index in [-0.39, 0.29) is 19.0 Å². The zero-order valence-corrected chi connectivity index (χ0v) is 17.1. The quantitative estimate of drug-likeness (QED) is 0.645. The summed E-state index contributed by atoms with van der Waals surface area (Å²) < 4.78 is 15.3. The van der Waals surface area contributed by atoms with Crippen LogP contribution in [0.5, 0.6) is 11.5 Å². The van der Waals surface area contributed by atoms with Gasteiger partial charge in [0.1, 0.15) is 18.0 Å². The van der Waals surface area contributed by atoms with Crippen molar-refractivity contribution in [2.75, 3.05) is 27.9 Å². The summed E-state index contributed by atoms with van der Waals surface area (Å²) in [5, 5.41) is 0. The Bertz CT molecular complexity index is 792. The maximum absolute atomic E-state index is 13.1. The zero-order valence-electron chi connectivity index (χ0n) is 16.3. The van der Waals surface area contributed by atoms with Gasteiger partial charge in [0.05, 0.1) is 26.2 Å². The Labute approximate surface area is 163 Å². The Balaban J connectivity index is 2.33. The highest BCUT2D eigenvalue weighted by Crippen LogP contribution is 2.26. The van der Waals surface area contributed by atoms with E-state index in [2.05, 4.69) is 6.92 Å². The summed E-state index contributed by atoms with van der Waals surface area (Å²) in [7, 11) is 4.44. The third-order valence-corrected chi connectivity index (χ3v) is 5.54. The Morgan fingerprint density at radius 1 is 1.04 bits per heavy atom. The van der Waals surface area contributed by atoms with E-state index in [0.717, 1.165) is 17.5 Å². The van der Waals surface area contributed by atoms with Crippen molar-refractivity contribution < 1.29 is 23.8 Å². The Morgan fingerprint density at radius 3 is 2.15 bits per heavy atom. The van der Waals surface area contributed by atoms with Crippen LogP contribution in [0.15, 0.2) is 24.3 Å². The van der Waals surface area contributed by atoms with E-state index in [1.165, 1.54) is 28.2 Å². The van der Waals surface area contributed by atoms with Crippen LogP contribution in [0.3, 0.4) is 0 Å². The van der Waals surface area contributed by atoms with Gasteiger partial charge < -0.3 is 19.1 Å². The maximum Gasteiger partial charge on any atom is 0.325 e. The fraction of sp³-hybridized carbons (Fsp3) is 0.400. The molecule has 27 heavy (non-hydrogen) atoms. The summed E-state index contributed by atoms with van der Waals surface area (Å²) in [4.78, 5) is 28.2. The SMILES string of the molecule is CCc1sc(C(=O)N(CC(=O)OC)Cc2cc(OC)cc(OC)c2)cc1C. The topological polar surface area (TPSA) is 65.1 Å². The molecule has 1 heterocycles. The van der Waals surface area contributed by atoms with Gasteiger partial charge in [0.2, 0.25) is 0 Å². The summed E-state index contributed by atoms with van der Waals surface area (Å²) >= 11 is 1.46. The number of carbonyl (C=O) groups excluding carboxylic acids is 2. The van der Waals surface area contributed by atoms with Crippen LogP contribution in [0.2, 0.25) is 0 Å². The summed E-state index contributed by atoms with van der Waals surface area (Å²) in [5.41, 5.74) is 1.89. The number of carbonyl (C=O) groups is 2. The van der Waals surface area contributed by atoms with Gasteiger partial charge >= 0.3 is 5.97 Å². The largest absolute Gasteiger partial charge is 0.497 e. The van der Waals surface area contributed by atoms with Gasteiger partial charge in [-0.1, -0.05) is 6.92 Å². The fourth-order valence-corrected chi connectivity index (χ4v) is 3.81. The molecule has 0 aliphatic heterocycles. The molecule has 1 aromatic heterocycles. The molecule has 0 bridgehead atoms. The van der Waals surface area contributed by atoms with Crippen molar-refractivity contribution >= 4 is 23.2 Å². The third kappa shape index (κ3) is 5.23. The van der Waals surface area contributed by atoms with Crippen LogP contribution in [-0.4, -0.2) is 44.7 Å². The second-order valence-electron chi connectivity index (χ2n) is 6.03. The first kappa shape index (κ1) is 20.8. The molecule has 0 aliphatic carbocycles. The van der Waals surface area contributed by atoms with Crippen LogP contribution in [-0.2, 0) is 22.5 Å². The lowest BCUT2D eigenvalue weighted by atomic mass is 10.1. The number of esters is 1. The molecule has 0 aliphatic rings. The van der Waals surface area contributed by atoms with Crippen LogP contribution < -0.4 is 9.47 Å². The lowest BCUT2D eigenvalue weighted by Gasteiger charge is -2.21. The van der Waals surface area contributed by atoms with Crippen molar-refractivity contribution in [2.45, 2.75) is 26.8 Å². The van der Waals surface area contributed by atoms with Gasteiger partial charge in [-0.2, -0.15) is 0 Å². The molecule has 7 heteroatoms. The minimum absolute atomic E-state index is 0.132. The van der Waals surface area contributed by atoms with E-state index >= 15 is 0 Å². The van der Waals surface area contributed by atoms with Crippen molar-refractivity contribution in [3.63, 3.8) is 0 Å². The monoisotopic (exact) mass is 391 g/mol. The summed E-state index contributed by atoms with van der Waals surface area (Å²) in [6, 6.07) is 7.27. The van der Waals surface area contributed by atoms with Gasteiger partial charge in [-0.25, -0.2) is 0 Å². The average Bonchev–Trinajstić information content (AvgIpc) is 3.06. The van der Waals surface area contributed by atoms with Gasteiger partial charge in [-0.3, -0.25) is 9.59 Å². The first-order valence-electron chi connectivity index (χ1n) is 8.59. The molecular formula is C20H25NO5S. The van der Waals surface area contributed by atoms with Crippen LogP contribution in [0.4, 0.5) is 0 Å². The predicted molar refractivity (Wildman–Crippen MR) is 105 cm³/mol. The first-order chi connectivity index (χ1) is 12.9. The van der Waals surface area contributed by atoms with Crippen LogP contribution in [0, 0.1) is 6.92 Å². The van der Waals surface area contributed by atoms with Gasteiger partial charge in [0, 0.05) is 17.5 Å².